The Labute approximate surface area is 142 Å². The van der Waals surface area contributed by atoms with Gasteiger partial charge in [0.25, 0.3) is 5.91 Å². The van der Waals surface area contributed by atoms with Gasteiger partial charge in [0.1, 0.15) is 11.6 Å². The molecule has 1 aromatic carbocycles. The average molecular weight is 328 g/mol. The highest BCUT2D eigenvalue weighted by molar-refractivity contribution is 5.90. The Balaban J connectivity index is 1.76. The molecule has 2 heterocycles. The Morgan fingerprint density at radius 1 is 1.29 bits per heavy atom. The molecule has 128 valence electrons. The lowest BCUT2D eigenvalue weighted by molar-refractivity contribution is 0.0723. The summed E-state index contributed by atoms with van der Waals surface area (Å²) < 4.78 is 7.43. The van der Waals surface area contributed by atoms with Crippen LogP contribution in [0, 0.1) is 0 Å². The van der Waals surface area contributed by atoms with E-state index in [0.717, 1.165) is 42.9 Å². The number of nitrogens with zero attached hydrogens (tertiary/aromatic N) is 4. The van der Waals surface area contributed by atoms with E-state index in [1.54, 1.807) is 4.90 Å². The zero-order valence-electron chi connectivity index (χ0n) is 14.5. The second-order valence-electron chi connectivity index (χ2n) is 6.14. The molecule has 1 atom stereocenters. The molecule has 0 radical (unpaired) electrons. The van der Waals surface area contributed by atoms with Crippen LogP contribution < -0.4 is 4.74 Å². The van der Waals surface area contributed by atoms with Gasteiger partial charge in [0.15, 0.2) is 0 Å². The first-order chi connectivity index (χ1) is 11.6. The van der Waals surface area contributed by atoms with Crippen molar-refractivity contribution in [3.05, 3.63) is 41.5 Å². The number of carbonyl (C=O) groups is 1. The van der Waals surface area contributed by atoms with E-state index in [9.17, 15) is 4.79 Å². The van der Waals surface area contributed by atoms with Gasteiger partial charge < -0.3 is 14.2 Å². The van der Waals surface area contributed by atoms with Gasteiger partial charge in [-0.05, 0) is 44.4 Å². The first-order valence-electron chi connectivity index (χ1n) is 8.53. The topological polar surface area (TPSA) is 60.2 Å². The van der Waals surface area contributed by atoms with E-state index in [1.807, 2.05) is 49.7 Å². The number of amides is 1. The molecule has 0 bridgehead atoms. The second kappa shape index (κ2) is 7.03. The summed E-state index contributed by atoms with van der Waals surface area (Å²) in [6.07, 6.45) is 3.09. The Morgan fingerprint density at radius 3 is 2.75 bits per heavy atom. The van der Waals surface area contributed by atoms with E-state index < -0.39 is 0 Å². The number of ether oxygens (including phenoxy) is 1. The lowest BCUT2D eigenvalue weighted by atomic mass is 10.1. The molecule has 0 unspecified atom stereocenters. The molecule has 1 aliphatic rings. The monoisotopic (exact) mass is 328 g/mol. The number of hydrogen-bond acceptors (Lipinski definition) is 4. The van der Waals surface area contributed by atoms with Crippen LogP contribution >= 0.6 is 0 Å². The minimum atomic E-state index is -0.0861. The summed E-state index contributed by atoms with van der Waals surface area (Å²) >= 11 is 0. The summed E-state index contributed by atoms with van der Waals surface area (Å²) in [5.74, 6) is 2.13. The summed E-state index contributed by atoms with van der Waals surface area (Å²) in [6, 6.07) is 7.82. The summed E-state index contributed by atoms with van der Waals surface area (Å²) in [7, 11) is 1.81. The fraction of sp³-hybridized carbons (Fsp3) is 0.500. The Morgan fingerprint density at radius 2 is 2.04 bits per heavy atom. The van der Waals surface area contributed by atoms with Gasteiger partial charge in [-0.3, -0.25) is 4.79 Å². The lowest BCUT2D eigenvalue weighted by Gasteiger charge is -2.25. The van der Waals surface area contributed by atoms with Crippen LogP contribution in [0.2, 0.25) is 0 Å². The number of fused-ring (bicyclic) bond motifs is 1. The van der Waals surface area contributed by atoms with Crippen molar-refractivity contribution in [2.45, 2.75) is 45.7 Å². The van der Waals surface area contributed by atoms with Crippen LogP contribution in [0.1, 0.15) is 54.7 Å². The van der Waals surface area contributed by atoms with Gasteiger partial charge in [-0.2, -0.15) is 0 Å². The van der Waals surface area contributed by atoms with Crippen molar-refractivity contribution in [2.75, 3.05) is 13.7 Å². The molecule has 0 spiro atoms. The summed E-state index contributed by atoms with van der Waals surface area (Å²) in [5, 5.41) is 8.31. The zero-order valence-corrected chi connectivity index (χ0v) is 14.5. The largest absolute Gasteiger partial charge is 0.494 e. The SMILES string of the molecule is CCOc1ccc([C@@H](C)N(C)C(=O)c2nnc3n2CCCC3)cc1. The summed E-state index contributed by atoms with van der Waals surface area (Å²) in [6.45, 7) is 5.45. The predicted molar refractivity (Wildman–Crippen MR) is 91.1 cm³/mol. The van der Waals surface area contributed by atoms with E-state index in [2.05, 4.69) is 10.2 Å². The molecular weight excluding hydrogens is 304 g/mol. The van der Waals surface area contributed by atoms with Crippen LogP contribution in [0.25, 0.3) is 0 Å². The van der Waals surface area contributed by atoms with E-state index in [0.29, 0.717) is 12.4 Å². The molecule has 0 saturated heterocycles. The minimum absolute atomic E-state index is 0.0512. The van der Waals surface area contributed by atoms with Gasteiger partial charge in [0.05, 0.1) is 12.6 Å². The maximum absolute atomic E-state index is 12.8. The second-order valence-corrected chi connectivity index (χ2v) is 6.14. The van der Waals surface area contributed by atoms with Crippen molar-refractivity contribution in [1.29, 1.82) is 0 Å². The number of rotatable bonds is 5. The highest BCUT2D eigenvalue weighted by Crippen LogP contribution is 2.24. The van der Waals surface area contributed by atoms with Crippen molar-refractivity contribution in [3.8, 4) is 5.75 Å². The van der Waals surface area contributed by atoms with Crippen LogP contribution in [-0.4, -0.2) is 39.2 Å². The standard InChI is InChI=1S/C18H24N4O2/c1-4-24-15-10-8-14(9-11-15)13(2)21(3)18(23)17-20-19-16-7-5-6-12-22(16)17/h8-11,13H,4-7,12H2,1-3H3/t13-/m1/s1. The van der Waals surface area contributed by atoms with Crippen LogP contribution in [0.4, 0.5) is 0 Å². The summed E-state index contributed by atoms with van der Waals surface area (Å²) in [4.78, 5) is 14.6. The van der Waals surface area contributed by atoms with Gasteiger partial charge in [0, 0.05) is 20.0 Å². The Hall–Kier alpha value is -2.37. The highest BCUT2D eigenvalue weighted by Gasteiger charge is 2.26. The Kier molecular flexibility index (Phi) is 4.83. The molecule has 2 aromatic rings. The molecule has 1 amide bonds. The van der Waals surface area contributed by atoms with E-state index in [1.165, 1.54) is 0 Å². The van der Waals surface area contributed by atoms with Crippen LogP contribution in [0.5, 0.6) is 5.75 Å². The third-order valence-corrected chi connectivity index (χ3v) is 4.63. The van der Waals surface area contributed by atoms with E-state index in [-0.39, 0.29) is 11.9 Å². The first kappa shape index (κ1) is 16.5. The van der Waals surface area contributed by atoms with E-state index >= 15 is 0 Å². The van der Waals surface area contributed by atoms with Crippen LogP contribution in [0.3, 0.4) is 0 Å². The molecule has 3 rings (SSSR count). The molecular formula is C18H24N4O2. The fourth-order valence-electron chi connectivity index (χ4n) is 3.03. The number of benzene rings is 1. The number of aryl methyl sites for hydroxylation is 1. The molecule has 1 aromatic heterocycles. The molecule has 0 fully saturated rings. The van der Waals surface area contributed by atoms with Gasteiger partial charge in [-0.1, -0.05) is 12.1 Å². The van der Waals surface area contributed by atoms with Crippen molar-refractivity contribution in [3.63, 3.8) is 0 Å². The quantitative estimate of drug-likeness (QED) is 0.847. The molecule has 1 aliphatic heterocycles. The van der Waals surface area contributed by atoms with Gasteiger partial charge >= 0.3 is 0 Å². The normalized spacial score (nSPS) is 14.8. The maximum Gasteiger partial charge on any atom is 0.292 e. The average Bonchev–Trinajstić information content (AvgIpc) is 3.05. The lowest BCUT2D eigenvalue weighted by Crippen LogP contribution is -2.32. The van der Waals surface area contributed by atoms with Gasteiger partial charge in [-0.25, -0.2) is 0 Å². The van der Waals surface area contributed by atoms with Crippen molar-refractivity contribution in [2.24, 2.45) is 0 Å². The predicted octanol–water partition coefficient (Wildman–Crippen LogP) is 2.85. The van der Waals surface area contributed by atoms with Crippen LogP contribution in [0.15, 0.2) is 24.3 Å². The Bertz CT molecular complexity index is 708. The van der Waals surface area contributed by atoms with E-state index in [4.69, 9.17) is 4.74 Å². The first-order valence-corrected chi connectivity index (χ1v) is 8.53. The van der Waals surface area contributed by atoms with Crippen molar-refractivity contribution >= 4 is 5.91 Å². The highest BCUT2D eigenvalue weighted by atomic mass is 16.5. The fourth-order valence-corrected chi connectivity index (χ4v) is 3.03. The van der Waals surface area contributed by atoms with Crippen LogP contribution in [-0.2, 0) is 13.0 Å². The zero-order chi connectivity index (χ0) is 17.1. The minimum Gasteiger partial charge on any atom is -0.494 e. The smallest absolute Gasteiger partial charge is 0.292 e. The molecule has 0 aliphatic carbocycles. The molecule has 24 heavy (non-hydrogen) atoms. The van der Waals surface area contributed by atoms with Gasteiger partial charge in [-0.15, -0.1) is 10.2 Å². The number of aromatic nitrogens is 3. The van der Waals surface area contributed by atoms with Crippen molar-refractivity contribution < 1.29 is 9.53 Å². The summed E-state index contributed by atoms with van der Waals surface area (Å²) in [5.41, 5.74) is 1.06. The third kappa shape index (κ3) is 3.13. The molecule has 0 saturated carbocycles. The molecule has 6 heteroatoms. The third-order valence-electron chi connectivity index (χ3n) is 4.63. The molecule has 0 N–H and O–H groups in total. The van der Waals surface area contributed by atoms with Crippen molar-refractivity contribution in [1.82, 2.24) is 19.7 Å². The van der Waals surface area contributed by atoms with Gasteiger partial charge in [0.2, 0.25) is 5.82 Å². The maximum atomic E-state index is 12.8. The number of hydrogen-bond donors (Lipinski definition) is 0. The number of carbonyl (C=O) groups excluding carboxylic acids is 1. The molecule has 6 nitrogen and oxygen atoms in total.